The minimum absolute atomic E-state index is 0.00166. The van der Waals surface area contributed by atoms with Crippen LogP contribution in [-0.4, -0.2) is 28.6 Å². The zero-order valence-corrected chi connectivity index (χ0v) is 14.7. The molecule has 0 spiro atoms. The van der Waals surface area contributed by atoms with E-state index in [-0.39, 0.29) is 5.56 Å². The van der Waals surface area contributed by atoms with Gasteiger partial charge >= 0.3 is 0 Å². The van der Waals surface area contributed by atoms with E-state index in [0.717, 1.165) is 24.7 Å². The summed E-state index contributed by atoms with van der Waals surface area (Å²) in [5.74, 6) is 0. The van der Waals surface area contributed by atoms with Gasteiger partial charge in [-0.25, -0.2) is 0 Å². The van der Waals surface area contributed by atoms with E-state index < -0.39 is 0 Å². The molecule has 1 fully saturated rings. The van der Waals surface area contributed by atoms with Crippen molar-refractivity contribution in [3.63, 3.8) is 0 Å². The van der Waals surface area contributed by atoms with Crippen molar-refractivity contribution in [3.8, 4) is 5.69 Å². The van der Waals surface area contributed by atoms with Crippen molar-refractivity contribution in [2.45, 2.75) is 32.2 Å². The SMILES string of the molecule is C[C@@H]1CCCN1CCc1ccc2cc(-n3ccccc3=O)ccc2c1. The Bertz CT molecular complexity index is 944. The Morgan fingerprint density at radius 2 is 1.88 bits per heavy atom. The molecule has 3 heteroatoms. The molecule has 25 heavy (non-hydrogen) atoms. The fourth-order valence-corrected chi connectivity index (χ4v) is 3.83. The molecule has 1 atom stereocenters. The van der Waals surface area contributed by atoms with Gasteiger partial charge in [-0.1, -0.05) is 30.3 Å². The van der Waals surface area contributed by atoms with Crippen molar-refractivity contribution in [3.05, 3.63) is 76.7 Å². The number of pyridine rings is 1. The molecule has 0 saturated carbocycles. The molecule has 0 amide bonds. The summed E-state index contributed by atoms with van der Waals surface area (Å²) in [5.41, 5.74) is 2.30. The molecule has 4 rings (SSSR count). The first-order chi connectivity index (χ1) is 12.2. The molecule has 1 aliphatic rings. The van der Waals surface area contributed by atoms with Crippen molar-refractivity contribution >= 4 is 10.8 Å². The lowest BCUT2D eigenvalue weighted by molar-refractivity contribution is 0.272. The van der Waals surface area contributed by atoms with E-state index in [2.05, 4.69) is 42.2 Å². The normalized spacial score (nSPS) is 18.0. The number of hydrogen-bond donors (Lipinski definition) is 0. The molecule has 0 aliphatic carbocycles. The molecule has 3 nitrogen and oxygen atoms in total. The summed E-state index contributed by atoms with van der Waals surface area (Å²) in [5, 5.41) is 2.41. The largest absolute Gasteiger partial charge is 0.300 e. The molecule has 128 valence electrons. The number of hydrogen-bond acceptors (Lipinski definition) is 2. The van der Waals surface area contributed by atoms with Crippen molar-refractivity contribution in [1.82, 2.24) is 9.47 Å². The van der Waals surface area contributed by atoms with Crippen LogP contribution in [0.5, 0.6) is 0 Å². The number of rotatable bonds is 4. The number of benzene rings is 2. The van der Waals surface area contributed by atoms with Gasteiger partial charge in [0.1, 0.15) is 0 Å². The van der Waals surface area contributed by atoms with E-state index in [4.69, 9.17) is 0 Å². The van der Waals surface area contributed by atoms with Crippen LogP contribution in [-0.2, 0) is 6.42 Å². The maximum Gasteiger partial charge on any atom is 0.255 e. The summed E-state index contributed by atoms with van der Waals surface area (Å²) in [4.78, 5) is 14.6. The Kier molecular flexibility index (Phi) is 4.41. The predicted octanol–water partition coefficient (Wildman–Crippen LogP) is 4.02. The Labute approximate surface area is 148 Å². The number of fused-ring (bicyclic) bond motifs is 1. The highest BCUT2D eigenvalue weighted by Crippen LogP contribution is 2.21. The monoisotopic (exact) mass is 332 g/mol. The zero-order chi connectivity index (χ0) is 17.2. The molecule has 0 unspecified atom stereocenters. The average Bonchev–Trinajstić information content (AvgIpc) is 3.05. The lowest BCUT2D eigenvalue weighted by atomic mass is 10.0. The molecule has 1 aliphatic heterocycles. The van der Waals surface area contributed by atoms with Crippen LogP contribution < -0.4 is 5.56 Å². The maximum absolute atomic E-state index is 12.0. The van der Waals surface area contributed by atoms with Crippen LogP contribution in [0.2, 0.25) is 0 Å². The summed E-state index contributed by atoms with van der Waals surface area (Å²) in [6.45, 7) is 4.72. The van der Waals surface area contributed by atoms with Gasteiger partial charge in [0.15, 0.2) is 0 Å². The molecule has 2 aromatic carbocycles. The molecule has 3 aromatic rings. The van der Waals surface area contributed by atoms with Gasteiger partial charge in [0, 0.05) is 30.5 Å². The molecule has 1 aromatic heterocycles. The van der Waals surface area contributed by atoms with E-state index in [1.54, 1.807) is 16.7 Å². The van der Waals surface area contributed by atoms with Crippen molar-refractivity contribution < 1.29 is 0 Å². The maximum atomic E-state index is 12.0. The van der Waals surface area contributed by atoms with Gasteiger partial charge in [0.2, 0.25) is 0 Å². The van der Waals surface area contributed by atoms with Crippen LogP contribution in [0.15, 0.2) is 65.6 Å². The molecule has 0 N–H and O–H groups in total. The first kappa shape index (κ1) is 16.1. The highest BCUT2D eigenvalue weighted by molar-refractivity contribution is 5.85. The van der Waals surface area contributed by atoms with Gasteiger partial charge in [-0.15, -0.1) is 0 Å². The zero-order valence-electron chi connectivity index (χ0n) is 14.7. The smallest absolute Gasteiger partial charge is 0.255 e. The van der Waals surface area contributed by atoms with Crippen LogP contribution in [0.25, 0.3) is 16.5 Å². The van der Waals surface area contributed by atoms with E-state index >= 15 is 0 Å². The fraction of sp³-hybridized carbons (Fsp3) is 0.318. The van der Waals surface area contributed by atoms with Crippen LogP contribution >= 0.6 is 0 Å². The second-order valence-corrected chi connectivity index (χ2v) is 7.05. The third-order valence-corrected chi connectivity index (χ3v) is 5.37. The molecular formula is C22H24N2O. The van der Waals surface area contributed by atoms with Gasteiger partial charge in [-0.2, -0.15) is 0 Å². The molecule has 0 radical (unpaired) electrons. The third kappa shape index (κ3) is 3.38. The predicted molar refractivity (Wildman–Crippen MR) is 104 cm³/mol. The van der Waals surface area contributed by atoms with Gasteiger partial charge in [-0.05, 0) is 67.3 Å². The molecule has 2 heterocycles. The van der Waals surface area contributed by atoms with Crippen LogP contribution in [0.1, 0.15) is 25.3 Å². The Morgan fingerprint density at radius 3 is 2.68 bits per heavy atom. The van der Waals surface area contributed by atoms with Crippen LogP contribution in [0.4, 0.5) is 0 Å². The summed E-state index contributed by atoms with van der Waals surface area (Å²) >= 11 is 0. The number of nitrogens with zero attached hydrogens (tertiary/aromatic N) is 2. The van der Waals surface area contributed by atoms with E-state index in [9.17, 15) is 4.79 Å². The highest BCUT2D eigenvalue weighted by atomic mass is 16.1. The van der Waals surface area contributed by atoms with Gasteiger partial charge < -0.3 is 4.90 Å². The topological polar surface area (TPSA) is 25.2 Å². The fourth-order valence-electron chi connectivity index (χ4n) is 3.83. The number of likely N-dealkylation sites (tertiary alicyclic amines) is 1. The summed E-state index contributed by atoms with van der Waals surface area (Å²) in [7, 11) is 0. The molecular weight excluding hydrogens is 308 g/mol. The lowest BCUT2D eigenvalue weighted by Gasteiger charge is -2.20. The Balaban J connectivity index is 1.56. The van der Waals surface area contributed by atoms with Crippen molar-refractivity contribution in [1.29, 1.82) is 0 Å². The van der Waals surface area contributed by atoms with Crippen LogP contribution in [0.3, 0.4) is 0 Å². The Morgan fingerprint density at radius 1 is 1.04 bits per heavy atom. The average molecular weight is 332 g/mol. The van der Waals surface area contributed by atoms with Crippen molar-refractivity contribution in [2.75, 3.05) is 13.1 Å². The summed E-state index contributed by atoms with van der Waals surface area (Å²) in [6, 6.07) is 18.9. The highest BCUT2D eigenvalue weighted by Gasteiger charge is 2.19. The van der Waals surface area contributed by atoms with Crippen LogP contribution in [0, 0.1) is 0 Å². The first-order valence-electron chi connectivity index (χ1n) is 9.15. The van der Waals surface area contributed by atoms with Gasteiger partial charge in [0.25, 0.3) is 5.56 Å². The second-order valence-electron chi connectivity index (χ2n) is 7.05. The third-order valence-electron chi connectivity index (χ3n) is 5.37. The number of aromatic nitrogens is 1. The minimum atomic E-state index is -0.00166. The molecule has 0 bridgehead atoms. The van der Waals surface area contributed by atoms with Gasteiger partial charge in [0.05, 0.1) is 0 Å². The molecule has 1 saturated heterocycles. The van der Waals surface area contributed by atoms with E-state index in [0.29, 0.717) is 0 Å². The Hall–Kier alpha value is -2.39. The first-order valence-corrected chi connectivity index (χ1v) is 9.15. The standard InChI is InChI=1S/C22H24N2O/c1-17-5-4-12-23(17)14-11-18-7-8-20-16-21(10-9-19(20)15-18)24-13-3-2-6-22(24)25/h2-3,6-10,13,15-17H,4-5,11-12,14H2,1H3/t17-/m1/s1. The summed E-state index contributed by atoms with van der Waals surface area (Å²) in [6.07, 6.45) is 5.58. The lowest BCUT2D eigenvalue weighted by Crippen LogP contribution is -2.28. The summed E-state index contributed by atoms with van der Waals surface area (Å²) < 4.78 is 1.68. The van der Waals surface area contributed by atoms with E-state index in [1.165, 1.54) is 35.7 Å². The second kappa shape index (κ2) is 6.85. The van der Waals surface area contributed by atoms with Crippen molar-refractivity contribution in [2.24, 2.45) is 0 Å². The van der Waals surface area contributed by atoms with E-state index in [1.807, 2.05) is 18.3 Å². The quantitative estimate of drug-likeness (QED) is 0.721. The minimum Gasteiger partial charge on any atom is -0.300 e. The van der Waals surface area contributed by atoms with Gasteiger partial charge in [-0.3, -0.25) is 9.36 Å².